The Hall–Kier alpha value is -1.12. The highest BCUT2D eigenvalue weighted by atomic mass is 16.2. The number of hydrogen-bond acceptors (Lipinski definition) is 2. The highest BCUT2D eigenvalue weighted by Crippen LogP contribution is 2.40. The molecule has 1 aliphatic heterocycles. The molecule has 0 bridgehead atoms. The Morgan fingerprint density at radius 1 is 1.07 bits per heavy atom. The van der Waals surface area contributed by atoms with E-state index in [0.29, 0.717) is 6.54 Å². The van der Waals surface area contributed by atoms with Gasteiger partial charge in [-0.3, -0.25) is 14.5 Å². The van der Waals surface area contributed by atoms with Crippen molar-refractivity contribution in [2.45, 2.75) is 33.6 Å². The molecule has 0 unspecified atom stereocenters. The summed E-state index contributed by atoms with van der Waals surface area (Å²) in [4.78, 5) is 25.2. The maximum atomic E-state index is 11.9. The van der Waals surface area contributed by atoms with E-state index in [1.165, 1.54) is 16.0 Å². The van der Waals surface area contributed by atoms with Crippen LogP contribution in [0.2, 0.25) is 0 Å². The Balaban J connectivity index is 2.30. The average molecular weight is 207 g/mol. The predicted octanol–water partition coefficient (Wildman–Crippen LogP) is 1.74. The lowest BCUT2D eigenvalue weighted by Crippen LogP contribution is -2.30. The zero-order valence-corrected chi connectivity index (χ0v) is 9.54. The minimum Gasteiger partial charge on any atom is -0.282 e. The third-order valence-electron chi connectivity index (χ3n) is 3.75. The molecule has 0 spiro atoms. The van der Waals surface area contributed by atoms with Crippen molar-refractivity contribution in [3.63, 3.8) is 0 Å². The minimum atomic E-state index is -0.0684. The largest absolute Gasteiger partial charge is 0.282 e. The van der Waals surface area contributed by atoms with E-state index in [0.717, 1.165) is 12.8 Å². The predicted molar refractivity (Wildman–Crippen MR) is 57.0 cm³/mol. The zero-order chi connectivity index (χ0) is 11.2. The smallest absolute Gasteiger partial charge is 0.233 e. The summed E-state index contributed by atoms with van der Waals surface area (Å²) in [5.41, 5.74) is 2.57. The lowest BCUT2D eigenvalue weighted by molar-refractivity contribution is -0.139. The van der Waals surface area contributed by atoms with Gasteiger partial charge in [0.1, 0.15) is 0 Å². The first kappa shape index (κ1) is 10.4. The second-order valence-corrected chi connectivity index (χ2v) is 4.60. The first-order valence-electron chi connectivity index (χ1n) is 5.56. The van der Waals surface area contributed by atoms with Crippen molar-refractivity contribution in [3.05, 3.63) is 11.1 Å². The number of imide groups is 1. The molecule has 2 atom stereocenters. The van der Waals surface area contributed by atoms with Crippen LogP contribution in [0, 0.1) is 11.8 Å². The van der Waals surface area contributed by atoms with Crippen LogP contribution in [0.4, 0.5) is 0 Å². The number of allylic oxidation sites excluding steroid dienone is 2. The third-order valence-corrected chi connectivity index (χ3v) is 3.75. The van der Waals surface area contributed by atoms with Gasteiger partial charge in [-0.15, -0.1) is 0 Å². The maximum Gasteiger partial charge on any atom is 0.233 e. The second kappa shape index (κ2) is 3.47. The number of hydrogen-bond donors (Lipinski definition) is 0. The molecule has 2 amide bonds. The van der Waals surface area contributed by atoms with Gasteiger partial charge in [0.05, 0.1) is 11.8 Å². The van der Waals surface area contributed by atoms with Gasteiger partial charge < -0.3 is 0 Å². The Kier molecular flexibility index (Phi) is 2.41. The molecule has 2 rings (SSSR count). The Labute approximate surface area is 90.1 Å². The number of carbonyl (C=O) groups is 2. The molecule has 1 saturated heterocycles. The van der Waals surface area contributed by atoms with Crippen molar-refractivity contribution in [2.24, 2.45) is 11.8 Å². The molecule has 0 aromatic rings. The van der Waals surface area contributed by atoms with Crippen LogP contribution in [0.5, 0.6) is 0 Å². The molecule has 0 radical (unpaired) electrons. The number of nitrogens with zero attached hydrogens (tertiary/aromatic N) is 1. The minimum absolute atomic E-state index is 0.0411. The quantitative estimate of drug-likeness (QED) is 0.485. The van der Waals surface area contributed by atoms with E-state index < -0.39 is 0 Å². The molecular weight excluding hydrogens is 190 g/mol. The highest BCUT2D eigenvalue weighted by Gasteiger charge is 2.48. The van der Waals surface area contributed by atoms with Crippen LogP contribution in [-0.2, 0) is 9.59 Å². The van der Waals surface area contributed by atoms with Crippen LogP contribution >= 0.6 is 0 Å². The molecule has 0 N–H and O–H groups in total. The van der Waals surface area contributed by atoms with E-state index in [1.807, 2.05) is 6.92 Å². The van der Waals surface area contributed by atoms with Crippen LogP contribution in [0.15, 0.2) is 11.1 Å². The molecule has 82 valence electrons. The SMILES string of the molecule is CCN1C(=O)[C@H]2CC(C)=C(C)C[C@@H]2C1=O. The van der Waals surface area contributed by atoms with E-state index in [-0.39, 0.29) is 23.7 Å². The van der Waals surface area contributed by atoms with E-state index in [4.69, 9.17) is 0 Å². The molecule has 3 nitrogen and oxygen atoms in total. The van der Waals surface area contributed by atoms with Gasteiger partial charge in [-0.25, -0.2) is 0 Å². The highest BCUT2D eigenvalue weighted by molar-refractivity contribution is 6.05. The summed E-state index contributed by atoms with van der Waals surface area (Å²) in [7, 11) is 0. The average Bonchev–Trinajstić information content (AvgIpc) is 2.42. The first-order valence-corrected chi connectivity index (χ1v) is 5.56. The second-order valence-electron chi connectivity index (χ2n) is 4.60. The van der Waals surface area contributed by atoms with Crippen molar-refractivity contribution in [1.82, 2.24) is 4.90 Å². The molecule has 0 saturated carbocycles. The van der Waals surface area contributed by atoms with Crippen LogP contribution in [0.1, 0.15) is 33.6 Å². The Morgan fingerprint density at radius 2 is 1.47 bits per heavy atom. The van der Waals surface area contributed by atoms with Gasteiger partial charge >= 0.3 is 0 Å². The van der Waals surface area contributed by atoms with Gasteiger partial charge in [-0.2, -0.15) is 0 Å². The van der Waals surface area contributed by atoms with Crippen LogP contribution in [-0.4, -0.2) is 23.3 Å². The molecule has 0 aromatic heterocycles. The molecule has 1 heterocycles. The maximum absolute atomic E-state index is 11.9. The summed E-state index contributed by atoms with van der Waals surface area (Å²) in [6.07, 6.45) is 1.55. The topological polar surface area (TPSA) is 37.4 Å². The third kappa shape index (κ3) is 1.41. The van der Waals surface area contributed by atoms with Crippen molar-refractivity contribution in [1.29, 1.82) is 0 Å². The summed E-state index contributed by atoms with van der Waals surface area (Å²) in [6.45, 7) is 6.51. The number of likely N-dealkylation sites (tertiary alicyclic amines) is 1. The fourth-order valence-electron chi connectivity index (χ4n) is 2.63. The van der Waals surface area contributed by atoms with Gasteiger partial charge in [0, 0.05) is 6.54 Å². The van der Waals surface area contributed by atoms with E-state index in [9.17, 15) is 9.59 Å². The lowest BCUT2D eigenvalue weighted by atomic mass is 9.78. The summed E-state index contributed by atoms with van der Waals surface area (Å²) in [5.74, 6) is -0.0546. The van der Waals surface area contributed by atoms with Gasteiger partial charge in [-0.1, -0.05) is 11.1 Å². The monoisotopic (exact) mass is 207 g/mol. The number of fused-ring (bicyclic) bond motifs is 1. The normalized spacial score (nSPS) is 31.3. The van der Waals surface area contributed by atoms with E-state index >= 15 is 0 Å². The molecule has 0 aromatic carbocycles. The molecule has 3 heteroatoms. The summed E-state index contributed by atoms with van der Waals surface area (Å²) in [6, 6.07) is 0. The number of amides is 2. The zero-order valence-electron chi connectivity index (χ0n) is 9.54. The van der Waals surface area contributed by atoms with Gasteiger partial charge in [0.2, 0.25) is 11.8 Å². The fraction of sp³-hybridized carbons (Fsp3) is 0.667. The van der Waals surface area contributed by atoms with Crippen molar-refractivity contribution >= 4 is 11.8 Å². The summed E-state index contributed by atoms with van der Waals surface area (Å²) >= 11 is 0. The number of carbonyl (C=O) groups excluding carboxylic acids is 2. The first-order chi connectivity index (χ1) is 7.06. The summed E-state index contributed by atoms with van der Waals surface area (Å²) in [5, 5.41) is 0. The van der Waals surface area contributed by atoms with Crippen molar-refractivity contribution in [3.8, 4) is 0 Å². The van der Waals surface area contributed by atoms with Crippen molar-refractivity contribution < 1.29 is 9.59 Å². The van der Waals surface area contributed by atoms with Crippen LogP contribution in [0.3, 0.4) is 0 Å². The Bertz CT molecular complexity index is 325. The van der Waals surface area contributed by atoms with E-state index in [2.05, 4.69) is 13.8 Å². The van der Waals surface area contributed by atoms with Crippen LogP contribution in [0.25, 0.3) is 0 Å². The summed E-state index contributed by atoms with van der Waals surface area (Å²) < 4.78 is 0. The standard InChI is InChI=1S/C12H17NO2/c1-4-13-11(14)9-5-7(2)8(3)6-10(9)12(13)15/h9-10H,4-6H2,1-3H3/t9-,10-/m0/s1. The molecule has 2 aliphatic rings. The Morgan fingerprint density at radius 3 is 1.80 bits per heavy atom. The number of rotatable bonds is 1. The van der Waals surface area contributed by atoms with Gasteiger partial charge in [0.15, 0.2) is 0 Å². The molecule has 1 fully saturated rings. The molecule has 1 aliphatic carbocycles. The van der Waals surface area contributed by atoms with Gasteiger partial charge in [0.25, 0.3) is 0 Å². The van der Waals surface area contributed by atoms with Crippen molar-refractivity contribution in [2.75, 3.05) is 6.54 Å². The molecular formula is C12H17NO2. The van der Waals surface area contributed by atoms with E-state index in [1.54, 1.807) is 0 Å². The molecule has 15 heavy (non-hydrogen) atoms. The lowest BCUT2D eigenvalue weighted by Gasteiger charge is -2.23. The fourth-order valence-corrected chi connectivity index (χ4v) is 2.63. The van der Waals surface area contributed by atoms with Gasteiger partial charge in [-0.05, 0) is 33.6 Å². The van der Waals surface area contributed by atoms with Crippen LogP contribution < -0.4 is 0 Å².